The lowest BCUT2D eigenvalue weighted by atomic mass is 9.97. The van der Waals surface area contributed by atoms with E-state index in [9.17, 15) is 0 Å². The highest BCUT2D eigenvalue weighted by Crippen LogP contribution is 2.25. The molecule has 0 saturated heterocycles. The molecule has 16 heavy (non-hydrogen) atoms. The van der Waals surface area contributed by atoms with Crippen molar-refractivity contribution in [1.29, 1.82) is 0 Å². The molecule has 2 nitrogen and oxygen atoms in total. The Hall–Kier alpha value is -0.760. The van der Waals surface area contributed by atoms with Crippen molar-refractivity contribution < 1.29 is 0 Å². The predicted molar refractivity (Wildman–Crippen MR) is 68.9 cm³/mol. The van der Waals surface area contributed by atoms with Crippen LogP contribution in [-0.4, -0.2) is 11.0 Å². The number of anilines is 1. The molecule has 1 saturated carbocycles. The largest absolute Gasteiger partial charge is 0.367 e. The Bertz CT molecular complexity index is 340. The molecule has 1 heterocycles. The molecule has 1 N–H and O–H groups in total. The van der Waals surface area contributed by atoms with E-state index in [1.165, 1.54) is 32.1 Å². The number of pyridine rings is 1. The molecule has 2 atom stereocenters. The van der Waals surface area contributed by atoms with Crippen molar-refractivity contribution in [2.45, 2.75) is 45.1 Å². The van der Waals surface area contributed by atoms with Gasteiger partial charge in [-0.2, -0.15) is 0 Å². The summed E-state index contributed by atoms with van der Waals surface area (Å²) in [5, 5.41) is 4.08. The molecule has 3 heteroatoms. The fourth-order valence-corrected chi connectivity index (χ4v) is 2.55. The van der Waals surface area contributed by atoms with Crippen LogP contribution in [0.5, 0.6) is 0 Å². The zero-order valence-electron chi connectivity index (χ0n) is 9.75. The quantitative estimate of drug-likeness (QED) is 0.620. The van der Waals surface area contributed by atoms with Gasteiger partial charge in [0.15, 0.2) is 0 Å². The van der Waals surface area contributed by atoms with Gasteiger partial charge in [0.1, 0.15) is 11.0 Å². The molecule has 0 aliphatic heterocycles. The molecule has 2 unspecified atom stereocenters. The van der Waals surface area contributed by atoms with Crippen molar-refractivity contribution in [3.63, 3.8) is 0 Å². The molecule has 0 bridgehead atoms. The highest BCUT2D eigenvalue weighted by atomic mass is 35.5. The smallest absolute Gasteiger partial charge is 0.131 e. The summed E-state index contributed by atoms with van der Waals surface area (Å²) in [6.07, 6.45) is 6.62. The molecule has 1 aromatic rings. The van der Waals surface area contributed by atoms with Gasteiger partial charge < -0.3 is 5.32 Å². The van der Waals surface area contributed by atoms with E-state index >= 15 is 0 Å². The third-order valence-corrected chi connectivity index (χ3v) is 3.62. The van der Waals surface area contributed by atoms with Crippen LogP contribution in [0.3, 0.4) is 0 Å². The van der Waals surface area contributed by atoms with Crippen molar-refractivity contribution in [1.82, 2.24) is 4.98 Å². The van der Waals surface area contributed by atoms with Crippen LogP contribution in [0.1, 0.15) is 39.0 Å². The standard InChI is InChI=1S/C13H19ClN2/c1-10-6-3-2-4-7-11(10)15-13-9-5-8-12(14)16-13/h5,8-11H,2-4,6-7H2,1H3,(H,15,16). The zero-order chi connectivity index (χ0) is 11.4. The lowest BCUT2D eigenvalue weighted by molar-refractivity contribution is 0.455. The minimum atomic E-state index is 0.550. The Morgan fingerprint density at radius 3 is 2.88 bits per heavy atom. The SMILES string of the molecule is CC1CCCCCC1Nc1cccc(Cl)n1. The molecule has 0 amide bonds. The molecule has 2 rings (SSSR count). The average molecular weight is 239 g/mol. The first-order chi connectivity index (χ1) is 7.75. The molecule has 1 aromatic heterocycles. The Labute approximate surface area is 102 Å². The van der Waals surface area contributed by atoms with Gasteiger partial charge in [-0.05, 0) is 30.9 Å². The van der Waals surface area contributed by atoms with Gasteiger partial charge >= 0.3 is 0 Å². The van der Waals surface area contributed by atoms with Gasteiger partial charge in [0, 0.05) is 6.04 Å². The van der Waals surface area contributed by atoms with E-state index in [-0.39, 0.29) is 0 Å². The number of aromatic nitrogens is 1. The lowest BCUT2D eigenvalue weighted by Gasteiger charge is -2.23. The summed E-state index contributed by atoms with van der Waals surface area (Å²) >= 11 is 5.88. The Kier molecular flexibility index (Phi) is 4.05. The lowest BCUT2D eigenvalue weighted by Crippen LogP contribution is -2.26. The number of nitrogens with zero attached hydrogens (tertiary/aromatic N) is 1. The highest BCUT2D eigenvalue weighted by Gasteiger charge is 2.19. The topological polar surface area (TPSA) is 24.9 Å². The van der Waals surface area contributed by atoms with Crippen LogP contribution in [0, 0.1) is 5.92 Å². The van der Waals surface area contributed by atoms with Gasteiger partial charge in [0.25, 0.3) is 0 Å². The molecule has 0 aromatic carbocycles. The van der Waals surface area contributed by atoms with Crippen LogP contribution in [0.15, 0.2) is 18.2 Å². The maximum absolute atomic E-state index is 5.88. The normalized spacial score (nSPS) is 26.1. The van der Waals surface area contributed by atoms with Gasteiger partial charge in [-0.1, -0.05) is 43.9 Å². The molecule has 0 spiro atoms. The first kappa shape index (κ1) is 11.7. The predicted octanol–water partition coefficient (Wildman–Crippen LogP) is 4.12. The molecule has 1 aliphatic carbocycles. The summed E-state index contributed by atoms with van der Waals surface area (Å²) in [6.45, 7) is 2.33. The number of hydrogen-bond donors (Lipinski definition) is 1. The van der Waals surface area contributed by atoms with Gasteiger partial charge in [0.05, 0.1) is 0 Å². The van der Waals surface area contributed by atoms with E-state index in [0.717, 1.165) is 11.7 Å². The molecular formula is C13H19ClN2. The van der Waals surface area contributed by atoms with E-state index in [2.05, 4.69) is 17.2 Å². The number of halogens is 1. The summed E-state index contributed by atoms with van der Waals surface area (Å²) < 4.78 is 0. The Morgan fingerprint density at radius 2 is 2.06 bits per heavy atom. The molecule has 88 valence electrons. The molecule has 0 radical (unpaired) electrons. The van der Waals surface area contributed by atoms with Crippen molar-refractivity contribution in [2.24, 2.45) is 5.92 Å². The fraction of sp³-hybridized carbons (Fsp3) is 0.615. The van der Waals surface area contributed by atoms with Crippen molar-refractivity contribution in [3.8, 4) is 0 Å². The Morgan fingerprint density at radius 1 is 1.25 bits per heavy atom. The summed E-state index contributed by atoms with van der Waals surface area (Å²) in [6, 6.07) is 6.29. The Balaban J connectivity index is 2.02. The number of nitrogens with one attached hydrogen (secondary N) is 1. The zero-order valence-corrected chi connectivity index (χ0v) is 10.5. The fourth-order valence-electron chi connectivity index (χ4n) is 2.39. The number of hydrogen-bond acceptors (Lipinski definition) is 2. The first-order valence-corrected chi connectivity index (χ1v) is 6.52. The van der Waals surface area contributed by atoms with Crippen molar-refractivity contribution in [2.75, 3.05) is 5.32 Å². The first-order valence-electron chi connectivity index (χ1n) is 6.15. The van der Waals surface area contributed by atoms with Crippen molar-refractivity contribution in [3.05, 3.63) is 23.4 Å². The third kappa shape index (κ3) is 3.11. The molecule has 1 aliphatic rings. The van der Waals surface area contributed by atoms with Gasteiger partial charge in [-0.3, -0.25) is 0 Å². The van der Waals surface area contributed by atoms with E-state index in [1.807, 2.05) is 18.2 Å². The maximum Gasteiger partial charge on any atom is 0.131 e. The van der Waals surface area contributed by atoms with Crippen LogP contribution < -0.4 is 5.32 Å². The summed E-state index contributed by atoms with van der Waals surface area (Å²) in [4.78, 5) is 4.29. The molecular weight excluding hydrogens is 220 g/mol. The van der Waals surface area contributed by atoms with E-state index in [4.69, 9.17) is 11.6 Å². The summed E-state index contributed by atoms with van der Waals surface area (Å²) in [7, 11) is 0. The second kappa shape index (κ2) is 5.53. The monoisotopic (exact) mass is 238 g/mol. The van der Waals surface area contributed by atoms with Crippen LogP contribution in [0.25, 0.3) is 0 Å². The molecule has 1 fully saturated rings. The van der Waals surface area contributed by atoms with Gasteiger partial charge in [-0.25, -0.2) is 4.98 Å². The highest BCUT2D eigenvalue weighted by molar-refractivity contribution is 6.29. The van der Waals surface area contributed by atoms with Crippen molar-refractivity contribution >= 4 is 17.4 Å². The third-order valence-electron chi connectivity index (χ3n) is 3.41. The van der Waals surface area contributed by atoms with Crippen LogP contribution >= 0.6 is 11.6 Å². The minimum Gasteiger partial charge on any atom is -0.367 e. The minimum absolute atomic E-state index is 0.550. The number of rotatable bonds is 2. The second-order valence-corrected chi connectivity index (χ2v) is 5.10. The average Bonchev–Trinajstić information content (AvgIpc) is 2.45. The van der Waals surface area contributed by atoms with E-state index < -0.39 is 0 Å². The van der Waals surface area contributed by atoms with Gasteiger partial charge in [-0.15, -0.1) is 0 Å². The second-order valence-electron chi connectivity index (χ2n) is 4.71. The maximum atomic E-state index is 5.88. The summed E-state index contributed by atoms with van der Waals surface area (Å²) in [5.74, 6) is 1.63. The van der Waals surface area contributed by atoms with E-state index in [1.54, 1.807) is 0 Å². The van der Waals surface area contributed by atoms with Crippen LogP contribution in [0.2, 0.25) is 5.15 Å². The van der Waals surface area contributed by atoms with Crippen LogP contribution in [-0.2, 0) is 0 Å². The van der Waals surface area contributed by atoms with E-state index in [0.29, 0.717) is 11.2 Å². The van der Waals surface area contributed by atoms with Gasteiger partial charge in [0.2, 0.25) is 0 Å². The van der Waals surface area contributed by atoms with Crippen LogP contribution in [0.4, 0.5) is 5.82 Å². The summed E-state index contributed by atoms with van der Waals surface area (Å²) in [5.41, 5.74) is 0.